The number of nitrogens with zero attached hydrogens (tertiary/aromatic N) is 2. The maximum atomic E-state index is 5.94. The summed E-state index contributed by atoms with van der Waals surface area (Å²) in [5.41, 5.74) is 2.47. The lowest BCUT2D eigenvalue weighted by Gasteiger charge is -2.32. The van der Waals surface area contributed by atoms with Crippen molar-refractivity contribution < 1.29 is 9.47 Å². The first-order valence-corrected chi connectivity index (χ1v) is 9.49. The summed E-state index contributed by atoms with van der Waals surface area (Å²) in [6.07, 6.45) is 2.25. The number of rotatable bonds is 8. The maximum absolute atomic E-state index is 5.94. The molecule has 1 saturated heterocycles. The summed E-state index contributed by atoms with van der Waals surface area (Å²) in [6.45, 7) is 6.46. The van der Waals surface area contributed by atoms with Crippen molar-refractivity contribution in [1.82, 2.24) is 9.80 Å². The molecule has 2 aromatic carbocycles. The molecule has 0 radical (unpaired) electrons. The van der Waals surface area contributed by atoms with Crippen LogP contribution >= 0.6 is 0 Å². The Morgan fingerprint density at radius 1 is 0.885 bits per heavy atom. The standard InChI is InChI=1S/C22H30N2O2/c1-23-13-15-24(16-14-23)12-6-9-19-10-11-21(22(17-19)25-2)26-18-20-7-4-3-5-8-20/h3-5,7-8,10-11,17H,6,9,12-16,18H2,1-2H3. The van der Waals surface area contributed by atoms with Crippen LogP contribution in [-0.4, -0.2) is 56.7 Å². The Kier molecular flexibility index (Phi) is 6.92. The van der Waals surface area contributed by atoms with Gasteiger partial charge in [-0.3, -0.25) is 0 Å². The number of hydrogen-bond acceptors (Lipinski definition) is 4. The van der Waals surface area contributed by atoms with Gasteiger partial charge in [0.15, 0.2) is 11.5 Å². The van der Waals surface area contributed by atoms with Crippen molar-refractivity contribution in [2.45, 2.75) is 19.4 Å². The Morgan fingerprint density at radius 3 is 2.38 bits per heavy atom. The van der Waals surface area contributed by atoms with Gasteiger partial charge < -0.3 is 19.3 Å². The summed E-state index contributed by atoms with van der Waals surface area (Å²) in [5, 5.41) is 0. The minimum atomic E-state index is 0.556. The second-order valence-electron chi connectivity index (χ2n) is 7.01. The van der Waals surface area contributed by atoms with Gasteiger partial charge in [0.2, 0.25) is 0 Å². The smallest absolute Gasteiger partial charge is 0.161 e. The molecule has 0 spiro atoms. The highest BCUT2D eigenvalue weighted by atomic mass is 16.5. The number of aryl methyl sites for hydroxylation is 1. The highest BCUT2D eigenvalue weighted by molar-refractivity contribution is 5.43. The Labute approximate surface area is 157 Å². The average Bonchev–Trinajstić information content (AvgIpc) is 2.69. The van der Waals surface area contributed by atoms with E-state index < -0.39 is 0 Å². The second kappa shape index (κ2) is 9.60. The van der Waals surface area contributed by atoms with Gasteiger partial charge in [-0.25, -0.2) is 0 Å². The zero-order valence-corrected chi connectivity index (χ0v) is 16.0. The predicted molar refractivity (Wildman–Crippen MR) is 106 cm³/mol. The first-order chi connectivity index (χ1) is 12.7. The van der Waals surface area contributed by atoms with Crippen LogP contribution in [-0.2, 0) is 13.0 Å². The molecule has 4 heteroatoms. The normalized spacial score (nSPS) is 15.8. The van der Waals surface area contributed by atoms with Crippen molar-refractivity contribution >= 4 is 0 Å². The van der Waals surface area contributed by atoms with E-state index in [1.54, 1.807) is 7.11 Å². The van der Waals surface area contributed by atoms with Crippen LogP contribution in [0.1, 0.15) is 17.5 Å². The zero-order valence-electron chi connectivity index (χ0n) is 16.0. The summed E-state index contributed by atoms with van der Waals surface area (Å²) in [4.78, 5) is 4.96. The van der Waals surface area contributed by atoms with Crippen molar-refractivity contribution in [2.24, 2.45) is 0 Å². The highest BCUT2D eigenvalue weighted by Gasteiger charge is 2.13. The third kappa shape index (κ3) is 5.48. The van der Waals surface area contributed by atoms with Gasteiger partial charge >= 0.3 is 0 Å². The number of piperazine rings is 1. The molecule has 0 atom stereocenters. The number of likely N-dealkylation sites (N-methyl/N-ethyl adjacent to an activating group) is 1. The molecule has 0 amide bonds. The number of benzene rings is 2. The van der Waals surface area contributed by atoms with Crippen LogP contribution in [0.4, 0.5) is 0 Å². The molecule has 0 aliphatic carbocycles. The van der Waals surface area contributed by atoms with Crippen LogP contribution in [0.3, 0.4) is 0 Å². The van der Waals surface area contributed by atoms with E-state index in [1.165, 1.54) is 44.7 Å². The largest absolute Gasteiger partial charge is 0.493 e. The molecule has 1 aliphatic heterocycles. The third-order valence-electron chi connectivity index (χ3n) is 5.00. The predicted octanol–water partition coefficient (Wildman–Crippen LogP) is 3.45. The summed E-state index contributed by atoms with van der Waals surface area (Å²) in [5.74, 6) is 1.62. The van der Waals surface area contributed by atoms with Crippen LogP contribution in [0.2, 0.25) is 0 Å². The Balaban J connectivity index is 1.49. The van der Waals surface area contributed by atoms with Gasteiger partial charge in [-0.15, -0.1) is 0 Å². The lowest BCUT2D eigenvalue weighted by Crippen LogP contribution is -2.44. The van der Waals surface area contributed by atoms with Gasteiger partial charge in [-0.05, 0) is 49.7 Å². The first-order valence-electron chi connectivity index (χ1n) is 9.49. The van der Waals surface area contributed by atoms with E-state index in [4.69, 9.17) is 9.47 Å². The van der Waals surface area contributed by atoms with Crippen LogP contribution < -0.4 is 9.47 Å². The molecule has 0 N–H and O–H groups in total. The van der Waals surface area contributed by atoms with Gasteiger partial charge in [-0.1, -0.05) is 36.4 Å². The van der Waals surface area contributed by atoms with E-state index in [-0.39, 0.29) is 0 Å². The van der Waals surface area contributed by atoms with Crippen molar-refractivity contribution in [3.63, 3.8) is 0 Å². The van der Waals surface area contributed by atoms with Crippen molar-refractivity contribution in [3.05, 3.63) is 59.7 Å². The van der Waals surface area contributed by atoms with Gasteiger partial charge in [0, 0.05) is 26.2 Å². The number of hydrogen-bond donors (Lipinski definition) is 0. The van der Waals surface area contributed by atoms with Crippen LogP contribution in [0.25, 0.3) is 0 Å². The van der Waals surface area contributed by atoms with Crippen LogP contribution in [0.15, 0.2) is 48.5 Å². The fraction of sp³-hybridized carbons (Fsp3) is 0.455. The van der Waals surface area contributed by atoms with E-state index in [0.29, 0.717) is 6.61 Å². The Hall–Kier alpha value is -2.04. The van der Waals surface area contributed by atoms with E-state index in [1.807, 2.05) is 24.3 Å². The lowest BCUT2D eigenvalue weighted by molar-refractivity contribution is 0.153. The SMILES string of the molecule is COc1cc(CCCN2CCN(C)CC2)ccc1OCc1ccccc1. The summed E-state index contributed by atoms with van der Waals surface area (Å²) in [7, 11) is 3.91. The van der Waals surface area contributed by atoms with E-state index in [2.05, 4.69) is 41.1 Å². The molecule has 1 fully saturated rings. The molecule has 26 heavy (non-hydrogen) atoms. The molecule has 1 aliphatic rings. The minimum Gasteiger partial charge on any atom is -0.493 e. The van der Waals surface area contributed by atoms with Gasteiger partial charge in [0.25, 0.3) is 0 Å². The highest BCUT2D eigenvalue weighted by Crippen LogP contribution is 2.29. The fourth-order valence-corrected chi connectivity index (χ4v) is 3.30. The lowest BCUT2D eigenvalue weighted by atomic mass is 10.1. The summed E-state index contributed by atoms with van der Waals surface area (Å²) < 4.78 is 11.5. The van der Waals surface area contributed by atoms with Gasteiger partial charge in [0.1, 0.15) is 6.61 Å². The molecular formula is C22H30N2O2. The topological polar surface area (TPSA) is 24.9 Å². The third-order valence-corrected chi connectivity index (χ3v) is 5.00. The van der Waals surface area contributed by atoms with Crippen molar-refractivity contribution in [2.75, 3.05) is 46.9 Å². The molecule has 4 nitrogen and oxygen atoms in total. The minimum absolute atomic E-state index is 0.556. The average molecular weight is 354 g/mol. The Bertz CT molecular complexity index is 667. The van der Waals surface area contributed by atoms with Gasteiger partial charge in [-0.2, -0.15) is 0 Å². The van der Waals surface area contributed by atoms with E-state index in [0.717, 1.165) is 23.5 Å². The molecule has 2 aromatic rings. The number of methoxy groups -OCH3 is 1. The van der Waals surface area contributed by atoms with Crippen molar-refractivity contribution in [1.29, 1.82) is 0 Å². The monoisotopic (exact) mass is 354 g/mol. The van der Waals surface area contributed by atoms with Crippen LogP contribution in [0, 0.1) is 0 Å². The molecule has 0 saturated carbocycles. The molecule has 1 heterocycles. The summed E-state index contributed by atoms with van der Waals surface area (Å²) in [6, 6.07) is 16.5. The van der Waals surface area contributed by atoms with Crippen LogP contribution in [0.5, 0.6) is 11.5 Å². The first kappa shape index (κ1) is 18.7. The second-order valence-corrected chi connectivity index (χ2v) is 7.01. The van der Waals surface area contributed by atoms with Crippen molar-refractivity contribution in [3.8, 4) is 11.5 Å². The molecule has 0 bridgehead atoms. The van der Waals surface area contributed by atoms with Gasteiger partial charge in [0.05, 0.1) is 7.11 Å². The quantitative estimate of drug-likeness (QED) is 0.725. The molecule has 140 valence electrons. The summed E-state index contributed by atoms with van der Waals surface area (Å²) >= 11 is 0. The molecular weight excluding hydrogens is 324 g/mol. The zero-order chi connectivity index (χ0) is 18.2. The molecule has 0 aromatic heterocycles. The Morgan fingerprint density at radius 2 is 1.65 bits per heavy atom. The maximum Gasteiger partial charge on any atom is 0.161 e. The number of ether oxygens (including phenoxy) is 2. The molecule has 0 unspecified atom stereocenters. The van der Waals surface area contributed by atoms with E-state index >= 15 is 0 Å². The molecule has 3 rings (SSSR count). The van der Waals surface area contributed by atoms with E-state index in [9.17, 15) is 0 Å². The fourth-order valence-electron chi connectivity index (χ4n) is 3.30.